The number of hydrogen-bond donors (Lipinski definition) is 0. The van der Waals surface area contributed by atoms with E-state index in [1.54, 1.807) is 0 Å². The average molecular weight is 401 g/mol. The second kappa shape index (κ2) is 6.93. The molecule has 160 valence electrons. The lowest BCUT2D eigenvalue weighted by atomic mass is 9.46. The molecule has 1 heterocycles. The molecule has 0 aromatic rings. The maximum Gasteiger partial charge on any atom is 0.305 e. The zero-order chi connectivity index (χ0) is 20.4. The molecule has 3 saturated carbocycles. The van der Waals surface area contributed by atoms with E-state index in [4.69, 9.17) is 9.47 Å². The summed E-state index contributed by atoms with van der Waals surface area (Å²) in [6, 6.07) is 0. The molecule has 0 radical (unpaired) electrons. The fourth-order valence-electron chi connectivity index (χ4n) is 8.12. The summed E-state index contributed by atoms with van der Waals surface area (Å²) >= 11 is 0. The van der Waals surface area contributed by atoms with E-state index in [1.165, 1.54) is 31.3 Å². The highest BCUT2D eigenvalue weighted by atomic mass is 16.6. The molecule has 5 aliphatic rings. The van der Waals surface area contributed by atoms with E-state index in [1.807, 2.05) is 13.0 Å². The molecule has 1 aliphatic heterocycles. The van der Waals surface area contributed by atoms with Crippen LogP contribution in [0.15, 0.2) is 11.6 Å². The molecule has 5 rings (SSSR count). The molecular weight excluding hydrogens is 364 g/mol. The van der Waals surface area contributed by atoms with Gasteiger partial charge in [0.05, 0.1) is 12.7 Å². The van der Waals surface area contributed by atoms with Gasteiger partial charge in [0.15, 0.2) is 5.78 Å². The predicted molar refractivity (Wildman–Crippen MR) is 110 cm³/mol. The fraction of sp³-hybridized carbons (Fsp3) is 0.840. The average Bonchev–Trinajstić information content (AvgIpc) is 3.40. The lowest BCUT2D eigenvalue weighted by molar-refractivity contribution is -0.143. The Morgan fingerprint density at radius 3 is 2.83 bits per heavy atom. The number of hydrogen-bond acceptors (Lipinski definition) is 4. The summed E-state index contributed by atoms with van der Waals surface area (Å²) in [5.41, 5.74) is 1.88. The van der Waals surface area contributed by atoms with Crippen LogP contribution >= 0.6 is 0 Å². The quantitative estimate of drug-likeness (QED) is 0.489. The van der Waals surface area contributed by atoms with Crippen LogP contribution in [0.1, 0.15) is 78.6 Å². The number of carbonyl (C=O) groups excluding carboxylic acids is 2. The van der Waals surface area contributed by atoms with Crippen molar-refractivity contribution >= 4 is 11.8 Å². The van der Waals surface area contributed by atoms with Gasteiger partial charge in [-0.2, -0.15) is 0 Å². The van der Waals surface area contributed by atoms with E-state index in [9.17, 15) is 9.59 Å². The molecule has 8 atom stereocenters. The van der Waals surface area contributed by atoms with Crippen LogP contribution in [0.2, 0.25) is 0 Å². The van der Waals surface area contributed by atoms with Gasteiger partial charge in [0, 0.05) is 12.8 Å². The van der Waals surface area contributed by atoms with Gasteiger partial charge >= 0.3 is 5.97 Å². The third kappa shape index (κ3) is 2.96. The Morgan fingerprint density at radius 2 is 2.03 bits per heavy atom. The summed E-state index contributed by atoms with van der Waals surface area (Å²) < 4.78 is 11.4. The largest absolute Gasteiger partial charge is 0.466 e. The van der Waals surface area contributed by atoms with Crippen LogP contribution in [0.25, 0.3) is 0 Å². The van der Waals surface area contributed by atoms with Crippen molar-refractivity contribution in [3.8, 4) is 0 Å². The van der Waals surface area contributed by atoms with Crippen molar-refractivity contribution in [1.29, 1.82) is 0 Å². The van der Waals surface area contributed by atoms with Crippen LogP contribution in [0.3, 0.4) is 0 Å². The first kappa shape index (κ1) is 19.8. The Labute approximate surface area is 174 Å². The molecule has 8 unspecified atom stereocenters. The van der Waals surface area contributed by atoms with Crippen LogP contribution in [0.4, 0.5) is 0 Å². The number of epoxide rings is 1. The molecule has 0 bridgehead atoms. The summed E-state index contributed by atoms with van der Waals surface area (Å²) in [6.45, 7) is 7.31. The second-order valence-electron chi connectivity index (χ2n) is 10.8. The second-order valence-corrected chi connectivity index (χ2v) is 10.8. The van der Waals surface area contributed by atoms with Crippen LogP contribution in [-0.4, -0.2) is 30.6 Å². The van der Waals surface area contributed by atoms with Gasteiger partial charge in [0.25, 0.3) is 0 Å². The van der Waals surface area contributed by atoms with Crippen LogP contribution < -0.4 is 0 Å². The minimum Gasteiger partial charge on any atom is -0.466 e. The van der Waals surface area contributed by atoms with Crippen molar-refractivity contribution in [1.82, 2.24) is 0 Å². The van der Waals surface area contributed by atoms with E-state index in [2.05, 4.69) is 13.8 Å². The standard InChI is InChI=1S/C25H36O4/c1-4-28-20(27)7-5-6-15-8-9-17-21-18(11-13-24(15,17)2)25(3)12-10-16(26)14-19(25)22-23(21)29-22/h14-15,17-18,21-23H,4-13H2,1-3H3. The number of carbonyl (C=O) groups is 2. The van der Waals surface area contributed by atoms with Gasteiger partial charge < -0.3 is 9.47 Å². The summed E-state index contributed by atoms with van der Waals surface area (Å²) in [5.74, 6) is 3.04. The maximum absolute atomic E-state index is 12.1. The SMILES string of the molecule is CCOC(=O)CCCC1CCC2C3C4OC4C4=CC(=O)CCC4(C)C3CCC12C. The van der Waals surface area contributed by atoms with Gasteiger partial charge in [-0.25, -0.2) is 0 Å². The smallest absolute Gasteiger partial charge is 0.305 e. The highest BCUT2D eigenvalue weighted by molar-refractivity contribution is 5.92. The molecule has 29 heavy (non-hydrogen) atoms. The number of esters is 1. The Bertz CT molecular complexity index is 741. The van der Waals surface area contributed by atoms with Crippen molar-refractivity contribution in [2.45, 2.75) is 90.8 Å². The van der Waals surface area contributed by atoms with E-state index in [0.29, 0.717) is 48.6 Å². The molecule has 0 spiro atoms. The number of ether oxygens (including phenoxy) is 2. The van der Waals surface area contributed by atoms with Crippen molar-refractivity contribution in [2.75, 3.05) is 6.61 Å². The van der Waals surface area contributed by atoms with Crippen LogP contribution in [0, 0.1) is 34.5 Å². The Balaban J connectivity index is 1.32. The van der Waals surface area contributed by atoms with Crippen molar-refractivity contribution in [2.24, 2.45) is 34.5 Å². The zero-order valence-corrected chi connectivity index (χ0v) is 18.2. The first-order valence-corrected chi connectivity index (χ1v) is 11.9. The van der Waals surface area contributed by atoms with E-state index in [0.717, 1.165) is 31.1 Å². The summed E-state index contributed by atoms with van der Waals surface area (Å²) in [7, 11) is 0. The van der Waals surface area contributed by atoms with Crippen molar-refractivity contribution < 1.29 is 19.1 Å². The minimum absolute atomic E-state index is 0.0449. The van der Waals surface area contributed by atoms with Gasteiger partial charge in [-0.05, 0) is 98.0 Å². The molecule has 4 heteroatoms. The lowest BCUT2D eigenvalue weighted by Gasteiger charge is -2.56. The molecule has 1 saturated heterocycles. The molecule has 0 N–H and O–H groups in total. The van der Waals surface area contributed by atoms with Gasteiger partial charge in [-0.1, -0.05) is 13.8 Å². The topological polar surface area (TPSA) is 55.9 Å². The van der Waals surface area contributed by atoms with Gasteiger partial charge in [0.1, 0.15) is 6.10 Å². The van der Waals surface area contributed by atoms with E-state index in [-0.39, 0.29) is 17.5 Å². The van der Waals surface area contributed by atoms with Gasteiger partial charge in [-0.3, -0.25) is 9.59 Å². The monoisotopic (exact) mass is 400 g/mol. The third-order valence-corrected chi connectivity index (χ3v) is 9.66. The molecule has 0 aromatic carbocycles. The molecule has 4 fully saturated rings. The number of fused-ring (bicyclic) bond motifs is 8. The maximum atomic E-state index is 12.1. The predicted octanol–water partition coefficient (Wildman–Crippen LogP) is 4.86. The molecule has 4 aliphatic carbocycles. The van der Waals surface area contributed by atoms with Crippen molar-refractivity contribution in [3.63, 3.8) is 0 Å². The molecule has 0 aromatic heterocycles. The van der Waals surface area contributed by atoms with Gasteiger partial charge in [-0.15, -0.1) is 0 Å². The molecule has 4 nitrogen and oxygen atoms in total. The number of ketones is 1. The first-order valence-electron chi connectivity index (χ1n) is 11.9. The van der Waals surface area contributed by atoms with E-state index < -0.39 is 0 Å². The third-order valence-electron chi connectivity index (χ3n) is 9.66. The molecule has 0 amide bonds. The van der Waals surface area contributed by atoms with Crippen LogP contribution in [-0.2, 0) is 19.1 Å². The Morgan fingerprint density at radius 1 is 1.21 bits per heavy atom. The summed E-state index contributed by atoms with van der Waals surface area (Å²) in [4.78, 5) is 23.8. The summed E-state index contributed by atoms with van der Waals surface area (Å²) in [5, 5.41) is 0. The Kier molecular flexibility index (Phi) is 4.73. The Hall–Kier alpha value is -1.16. The highest BCUT2D eigenvalue weighted by Crippen LogP contribution is 2.70. The van der Waals surface area contributed by atoms with Gasteiger partial charge in [0.2, 0.25) is 0 Å². The normalized spacial score (nSPS) is 47.4. The van der Waals surface area contributed by atoms with Crippen LogP contribution in [0.5, 0.6) is 0 Å². The first-order chi connectivity index (χ1) is 13.9. The fourth-order valence-corrected chi connectivity index (χ4v) is 8.12. The highest BCUT2D eigenvalue weighted by Gasteiger charge is 2.68. The molecular formula is C25H36O4. The number of rotatable bonds is 5. The minimum atomic E-state index is -0.0449. The lowest BCUT2D eigenvalue weighted by Crippen LogP contribution is -2.53. The van der Waals surface area contributed by atoms with Crippen molar-refractivity contribution in [3.05, 3.63) is 11.6 Å². The van der Waals surface area contributed by atoms with E-state index >= 15 is 0 Å². The summed E-state index contributed by atoms with van der Waals surface area (Å²) in [6.07, 6.45) is 12.1. The zero-order valence-electron chi connectivity index (χ0n) is 18.2.